The quantitative estimate of drug-likeness (QED) is 0.721. The number of nitrogens with two attached hydrogens (primary N) is 1. The molecular weight excluding hydrogens is 312 g/mol. The SMILES string of the molecule is Nc1ccc(Cl)c(C(=O)Nc2ccc(-c3ccncc3)nc2)c1. The van der Waals surface area contributed by atoms with Gasteiger partial charge >= 0.3 is 0 Å². The van der Waals surface area contributed by atoms with Gasteiger partial charge in [-0.25, -0.2) is 0 Å². The maximum Gasteiger partial charge on any atom is 0.257 e. The number of nitrogen functional groups attached to an aromatic ring is 1. The van der Waals surface area contributed by atoms with E-state index < -0.39 is 0 Å². The van der Waals surface area contributed by atoms with Crippen LogP contribution in [0.5, 0.6) is 0 Å². The molecule has 0 spiro atoms. The Morgan fingerprint density at radius 3 is 2.57 bits per heavy atom. The van der Waals surface area contributed by atoms with Crippen LogP contribution in [0, 0.1) is 0 Å². The summed E-state index contributed by atoms with van der Waals surface area (Å²) in [5.74, 6) is -0.333. The van der Waals surface area contributed by atoms with Gasteiger partial charge in [0.2, 0.25) is 0 Å². The lowest BCUT2D eigenvalue weighted by Gasteiger charge is -2.08. The molecule has 3 rings (SSSR count). The summed E-state index contributed by atoms with van der Waals surface area (Å²) in [7, 11) is 0. The number of hydrogen-bond donors (Lipinski definition) is 2. The van der Waals surface area contributed by atoms with E-state index in [1.807, 2.05) is 18.2 Å². The van der Waals surface area contributed by atoms with Crippen LogP contribution in [0.25, 0.3) is 11.3 Å². The minimum Gasteiger partial charge on any atom is -0.399 e. The minimum atomic E-state index is -0.333. The average Bonchev–Trinajstić information content (AvgIpc) is 2.58. The van der Waals surface area contributed by atoms with Crippen molar-refractivity contribution in [2.45, 2.75) is 0 Å². The zero-order chi connectivity index (χ0) is 16.2. The van der Waals surface area contributed by atoms with Crippen LogP contribution in [0.4, 0.5) is 11.4 Å². The Kier molecular flexibility index (Phi) is 4.21. The van der Waals surface area contributed by atoms with Crippen LogP contribution >= 0.6 is 11.6 Å². The van der Waals surface area contributed by atoms with Crippen LogP contribution in [-0.4, -0.2) is 15.9 Å². The molecule has 1 amide bonds. The topological polar surface area (TPSA) is 80.9 Å². The molecule has 2 aromatic heterocycles. The molecule has 0 aliphatic carbocycles. The van der Waals surface area contributed by atoms with Crippen LogP contribution in [0.3, 0.4) is 0 Å². The second-order valence-electron chi connectivity index (χ2n) is 4.86. The molecule has 5 nitrogen and oxygen atoms in total. The Bertz CT molecular complexity index is 835. The molecule has 0 unspecified atom stereocenters. The van der Waals surface area contributed by atoms with E-state index in [2.05, 4.69) is 15.3 Å². The number of anilines is 2. The number of amides is 1. The van der Waals surface area contributed by atoms with Gasteiger partial charge in [0.15, 0.2) is 0 Å². The van der Waals surface area contributed by atoms with E-state index in [1.54, 1.807) is 36.8 Å². The molecule has 2 heterocycles. The van der Waals surface area contributed by atoms with E-state index in [0.717, 1.165) is 11.3 Å². The third kappa shape index (κ3) is 3.46. The molecule has 0 aliphatic rings. The smallest absolute Gasteiger partial charge is 0.257 e. The van der Waals surface area contributed by atoms with Crippen molar-refractivity contribution in [2.75, 3.05) is 11.1 Å². The van der Waals surface area contributed by atoms with E-state index in [-0.39, 0.29) is 5.91 Å². The molecule has 114 valence electrons. The molecule has 6 heteroatoms. The van der Waals surface area contributed by atoms with Gasteiger partial charge < -0.3 is 11.1 Å². The molecule has 0 saturated carbocycles. The normalized spacial score (nSPS) is 10.3. The van der Waals surface area contributed by atoms with E-state index in [9.17, 15) is 4.79 Å². The number of halogens is 1. The standard InChI is InChI=1S/C17H13ClN4O/c18-15-3-1-12(19)9-14(15)17(23)22-13-2-4-16(21-10-13)11-5-7-20-8-6-11/h1-10H,19H2,(H,22,23). The van der Waals surface area contributed by atoms with Gasteiger partial charge in [0.05, 0.1) is 28.2 Å². The molecule has 0 aliphatic heterocycles. The maximum absolute atomic E-state index is 12.3. The lowest BCUT2D eigenvalue weighted by Crippen LogP contribution is -2.13. The van der Waals surface area contributed by atoms with Crippen molar-refractivity contribution in [3.05, 3.63) is 71.6 Å². The highest BCUT2D eigenvalue weighted by Gasteiger charge is 2.11. The summed E-state index contributed by atoms with van der Waals surface area (Å²) >= 11 is 6.02. The predicted molar refractivity (Wildman–Crippen MR) is 91.3 cm³/mol. The first-order valence-corrected chi connectivity index (χ1v) is 7.24. The van der Waals surface area contributed by atoms with Crippen molar-refractivity contribution < 1.29 is 4.79 Å². The number of nitrogens with one attached hydrogen (secondary N) is 1. The summed E-state index contributed by atoms with van der Waals surface area (Å²) in [6, 6.07) is 12.1. The number of carbonyl (C=O) groups is 1. The molecule has 23 heavy (non-hydrogen) atoms. The molecule has 3 aromatic rings. The zero-order valence-electron chi connectivity index (χ0n) is 12.0. The number of hydrogen-bond acceptors (Lipinski definition) is 4. The van der Waals surface area contributed by atoms with Gasteiger partial charge in [0.25, 0.3) is 5.91 Å². The number of pyridine rings is 2. The van der Waals surface area contributed by atoms with Gasteiger partial charge in [0.1, 0.15) is 0 Å². The summed E-state index contributed by atoms with van der Waals surface area (Å²) < 4.78 is 0. The van der Waals surface area contributed by atoms with Crippen LogP contribution < -0.4 is 11.1 Å². The Morgan fingerprint density at radius 1 is 1.09 bits per heavy atom. The second-order valence-corrected chi connectivity index (χ2v) is 5.27. The third-order valence-corrected chi connectivity index (χ3v) is 3.56. The fourth-order valence-electron chi connectivity index (χ4n) is 2.08. The Morgan fingerprint density at radius 2 is 1.87 bits per heavy atom. The molecule has 3 N–H and O–H groups in total. The largest absolute Gasteiger partial charge is 0.399 e. The highest BCUT2D eigenvalue weighted by molar-refractivity contribution is 6.34. The van der Waals surface area contributed by atoms with Crippen LogP contribution in [0.1, 0.15) is 10.4 Å². The number of carbonyl (C=O) groups excluding carboxylic acids is 1. The van der Waals surface area contributed by atoms with E-state index in [0.29, 0.717) is 22.0 Å². The van der Waals surface area contributed by atoms with Crippen molar-refractivity contribution in [1.82, 2.24) is 9.97 Å². The summed E-state index contributed by atoms with van der Waals surface area (Å²) in [6.07, 6.45) is 5.00. The highest BCUT2D eigenvalue weighted by atomic mass is 35.5. The van der Waals surface area contributed by atoms with E-state index >= 15 is 0 Å². The number of rotatable bonds is 3. The summed E-state index contributed by atoms with van der Waals surface area (Å²) in [5, 5.41) is 3.10. The Hall–Kier alpha value is -2.92. The van der Waals surface area contributed by atoms with Crippen molar-refractivity contribution in [3.63, 3.8) is 0 Å². The first-order valence-electron chi connectivity index (χ1n) is 6.86. The highest BCUT2D eigenvalue weighted by Crippen LogP contribution is 2.21. The fraction of sp³-hybridized carbons (Fsp3) is 0. The average molecular weight is 325 g/mol. The van der Waals surface area contributed by atoms with Gasteiger partial charge in [-0.15, -0.1) is 0 Å². The van der Waals surface area contributed by atoms with Crippen molar-refractivity contribution in [1.29, 1.82) is 0 Å². The van der Waals surface area contributed by atoms with Crippen LogP contribution in [0.15, 0.2) is 61.1 Å². The third-order valence-electron chi connectivity index (χ3n) is 3.23. The Balaban J connectivity index is 1.78. The zero-order valence-corrected chi connectivity index (χ0v) is 12.8. The van der Waals surface area contributed by atoms with E-state index in [1.165, 1.54) is 6.07 Å². The molecular formula is C17H13ClN4O. The van der Waals surface area contributed by atoms with Gasteiger partial charge in [-0.1, -0.05) is 11.6 Å². The van der Waals surface area contributed by atoms with Crippen molar-refractivity contribution in [2.24, 2.45) is 0 Å². The summed E-state index contributed by atoms with van der Waals surface area (Å²) in [6.45, 7) is 0. The van der Waals surface area contributed by atoms with E-state index in [4.69, 9.17) is 17.3 Å². The summed E-state index contributed by atoms with van der Waals surface area (Å²) in [4.78, 5) is 20.6. The van der Waals surface area contributed by atoms with Crippen molar-refractivity contribution >= 4 is 28.9 Å². The summed E-state index contributed by atoms with van der Waals surface area (Å²) in [5.41, 5.74) is 8.82. The monoisotopic (exact) mass is 324 g/mol. The fourth-order valence-corrected chi connectivity index (χ4v) is 2.28. The molecule has 0 fully saturated rings. The Labute approximate surface area is 138 Å². The molecule has 0 saturated heterocycles. The molecule has 0 bridgehead atoms. The number of aromatic nitrogens is 2. The first-order chi connectivity index (χ1) is 11.1. The molecule has 0 radical (unpaired) electrons. The molecule has 1 aromatic carbocycles. The first kappa shape index (κ1) is 15.0. The molecule has 0 atom stereocenters. The predicted octanol–water partition coefficient (Wildman–Crippen LogP) is 3.63. The van der Waals surface area contributed by atoms with Crippen LogP contribution in [0.2, 0.25) is 5.02 Å². The second kappa shape index (κ2) is 6.46. The van der Waals surface area contributed by atoms with Gasteiger partial charge in [-0.05, 0) is 42.5 Å². The van der Waals surface area contributed by atoms with Gasteiger partial charge in [-0.2, -0.15) is 0 Å². The lowest BCUT2D eigenvalue weighted by molar-refractivity contribution is 0.102. The van der Waals surface area contributed by atoms with Crippen molar-refractivity contribution in [3.8, 4) is 11.3 Å². The maximum atomic E-state index is 12.3. The van der Waals surface area contributed by atoms with Gasteiger partial charge in [-0.3, -0.25) is 14.8 Å². The number of nitrogens with zero attached hydrogens (tertiary/aromatic N) is 2. The van der Waals surface area contributed by atoms with Crippen LogP contribution in [-0.2, 0) is 0 Å². The minimum absolute atomic E-state index is 0.324. The lowest BCUT2D eigenvalue weighted by atomic mass is 10.1. The number of benzene rings is 1. The van der Waals surface area contributed by atoms with Gasteiger partial charge in [0, 0.05) is 23.6 Å².